The van der Waals surface area contributed by atoms with E-state index in [1.54, 1.807) is 19.5 Å². The molecule has 0 spiro atoms. The summed E-state index contributed by atoms with van der Waals surface area (Å²) in [6.07, 6.45) is 3.30. The van der Waals surface area contributed by atoms with Crippen LogP contribution in [0, 0.1) is 0 Å². The van der Waals surface area contributed by atoms with Crippen LogP contribution in [0.3, 0.4) is 0 Å². The molecule has 0 aliphatic carbocycles. The Morgan fingerprint density at radius 1 is 1.45 bits per heavy atom. The van der Waals surface area contributed by atoms with Crippen molar-refractivity contribution >= 4 is 27.6 Å². The van der Waals surface area contributed by atoms with Gasteiger partial charge in [0.05, 0.1) is 11.1 Å². The maximum absolute atomic E-state index is 11.8. The summed E-state index contributed by atoms with van der Waals surface area (Å²) in [5.41, 5.74) is 0. The van der Waals surface area contributed by atoms with Crippen LogP contribution in [0.2, 0.25) is 0 Å². The van der Waals surface area contributed by atoms with Gasteiger partial charge in [-0.1, -0.05) is 0 Å². The van der Waals surface area contributed by atoms with Gasteiger partial charge in [-0.15, -0.1) is 5.10 Å². The largest absolute Gasteiger partial charge is 0.383 e. The first kappa shape index (κ1) is 14.8. The molecule has 0 unspecified atom stereocenters. The summed E-state index contributed by atoms with van der Waals surface area (Å²) < 4.78 is 7.12. The van der Waals surface area contributed by atoms with Gasteiger partial charge in [-0.3, -0.25) is 4.79 Å². The van der Waals surface area contributed by atoms with Crippen LogP contribution < -0.4 is 10.6 Å². The van der Waals surface area contributed by atoms with E-state index in [0.717, 1.165) is 11.0 Å². The van der Waals surface area contributed by atoms with Crippen LogP contribution in [0.15, 0.2) is 16.9 Å². The minimum atomic E-state index is -0.319. The zero-order chi connectivity index (χ0) is 14.4. The highest BCUT2D eigenvalue weighted by Gasteiger charge is 2.12. The summed E-state index contributed by atoms with van der Waals surface area (Å²) in [7, 11) is 1.64. The lowest BCUT2D eigenvalue weighted by Gasteiger charge is -2.04. The molecule has 0 aliphatic rings. The first-order valence-electron chi connectivity index (χ1n) is 6.06. The molecule has 0 atom stereocenters. The highest BCUT2D eigenvalue weighted by molar-refractivity contribution is 9.10. The topological polar surface area (TPSA) is 93.4 Å². The zero-order valence-electron chi connectivity index (χ0n) is 11.0. The van der Waals surface area contributed by atoms with Crippen LogP contribution >= 0.6 is 15.9 Å². The molecule has 2 rings (SSSR count). The van der Waals surface area contributed by atoms with Crippen molar-refractivity contribution in [2.24, 2.45) is 0 Å². The highest BCUT2D eigenvalue weighted by Crippen LogP contribution is 2.07. The lowest BCUT2D eigenvalue weighted by molar-refractivity contribution is 0.0943. The van der Waals surface area contributed by atoms with Gasteiger partial charge in [0.1, 0.15) is 0 Å². The molecule has 0 bridgehead atoms. The Bertz CT molecular complexity index is 587. The summed E-state index contributed by atoms with van der Waals surface area (Å²) in [6.45, 7) is 2.54. The van der Waals surface area contributed by atoms with Gasteiger partial charge in [0.2, 0.25) is 5.82 Å². The third-order valence-electron chi connectivity index (χ3n) is 2.44. The molecule has 0 fully saturated rings. The molecule has 0 saturated heterocycles. The van der Waals surface area contributed by atoms with E-state index in [4.69, 9.17) is 4.74 Å². The smallest absolute Gasteiger partial charge is 0.291 e. The van der Waals surface area contributed by atoms with Crippen LogP contribution in [-0.2, 0) is 4.74 Å². The average Bonchev–Trinajstić information content (AvgIpc) is 2.85. The van der Waals surface area contributed by atoms with Gasteiger partial charge in [-0.2, -0.15) is 4.98 Å². The maximum Gasteiger partial charge on any atom is 0.291 e. The number of halogens is 1. The Kier molecular flexibility index (Phi) is 5.39. The first-order valence-corrected chi connectivity index (χ1v) is 6.86. The van der Waals surface area contributed by atoms with E-state index in [2.05, 4.69) is 41.6 Å². The third kappa shape index (κ3) is 3.95. The number of amides is 1. The standard InChI is InChI=1S/C11H15BrN6O2/c1-20-5-4-13-2-3-14-10(19)9-16-11-15-6-8(12)7-18(11)17-9/h6-7,13H,2-5H2,1H3,(H,14,19). The Morgan fingerprint density at radius 3 is 3.10 bits per heavy atom. The molecule has 2 aromatic rings. The third-order valence-corrected chi connectivity index (χ3v) is 2.85. The molecule has 0 aliphatic heterocycles. The second-order valence-electron chi connectivity index (χ2n) is 3.95. The summed E-state index contributed by atoms with van der Waals surface area (Å²) >= 11 is 3.28. The van der Waals surface area contributed by atoms with E-state index in [-0.39, 0.29) is 11.7 Å². The molecule has 20 heavy (non-hydrogen) atoms. The number of aromatic nitrogens is 4. The fraction of sp³-hybridized carbons (Fsp3) is 0.455. The van der Waals surface area contributed by atoms with Crippen molar-refractivity contribution in [2.75, 3.05) is 33.4 Å². The van der Waals surface area contributed by atoms with Crippen molar-refractivity contribution in [3.8, 4) is 0 Å². The fourth-order valence-corrected chi connectivity index (χ4v) is 1.79. The van der Waals surface area contributed by atoms with Gasteiger partial charge < -0.3 is 15.4 Å². The predicted octanol–water partition coefficient (Wildman–Crippen LogP) is -0.147. The van der Waals surface area contributed by atoms with Crippen LogP contribution in [-0.4, -0.2) is 58.8 Å². The van der Waals surface area contributed by atoms with Gasteiger partial charge in [0.15, 0.2) is 0 Å². The molecule has 0 radical (unpaired) electrons. The van der Waals surface area contributed by atoms with E-state index in [0.29, 0.717) is 25.5 Å². The molecule has 2 aromatic heterocycles. The SMILES string of the molecule is COCCNCCNC(=O)c1nc2ncc(Br)cn2n1. The number of rotatable bonds is 7. The lowest BCUT2D eigenvalue weighted by atomic mass is 10.5. The quantitative estimate of drug-likeness (QED) is 0.680. The number of hydrogen-bond acceptors (Lipinski definition) is 6. The first-order chi connectivity index (χ1) is 9.70. The van der Waals surface area contributed by atoms with E-state index in [9.17, 15) is 4.79 Å². The van der Waals surface area contributed by atoms with Crippen LogP contribution in [0.25, 0.3) is 5.78 Å². The lowest BCUT2D eigenvalue weighted by Crippen LogP contribution is -2.33. The van der Waals surface area contributed by atoms with Crippen LogP contribution in [0.4, 0.5) is 0 Å². The van der Waals surface area contributed by atoms with E-state index >= 15 is 0 Å². The molecule has 9 heteroatoms. The number of carbonyl (C=O) groups is 1. The van der Waals surface area contributed by atoms with E-state index in [1.165, 1.54) is 4.52 Å². The number of nitrogens with zero attached hydrogens (tertiary/aromatic N) is 4. The molecule has 2 N–H and O–H groups in total. The summed E-state index contributed by atoms with van der Waals surface area (Å²) in [6, 6.07) is 0. The van der Waals surface area contributed by atoms with Gasteiger partial charge in [0, 0.05) is 39.1 Å². The summed E-state index contributed by atoms with van der Waals surface area (Å²) in [4.78, 5) is 19.9. The molecule has 108 valence electrons. The second kappa shape index (κ2) is 7.27. The summed E-state index contributed by atoms with van der Waals surface area (Å²) in [5, 5.41) is 9.92. The van der Waals surface area contributed by atoms with Gasteiger partial charge in [-0.25, -0.2) is 9.50 Å². The molecule has 0 aromatic carbocycles. The Labute approximate surface area is 124 Å². The monoisotopic (exact) mass is 342 g/mol. The zero-order valence-corrected chi connectivity index (χ0v) is 12.6. The molecular formula is C11H15BrN6O2. The molecule has 2 heterocycles. The second-order valence-corrected chi connectivity index (χ2v) is 4.87. The number of ether oxygens (including phenoxy) is 1. The van der Waals surface area contributed by atoms with Crippen molar-refractivity contribution in [1.82, 2.24) is 30.2 Å². The van der Waals surface area contributed by atoms with E-state index in [1.807, 2.05) is 0 Å². The number of carbonyl (C=O) groups excluding carboxylic acids is 1. The summed E-state index contributed by atoms with van der Waals surface area (Å²) in [5.74, 6) is 0.171. The van der Waals surface area contributed by atoms with Gasteiger partial charge >= 0.3 is 0 Å². The predicted molar refractivity (Wildman–Crippen MR) is 75.6 cm³/mol. The number of nitrogens with one attached hydrogen (secondary N) is 2. The number of methoxy groups -OCH3 is 1. The minimum absolute atomic E-state index is 0.104. The van der Waals surface area contributed by atoms with E-state index < -0.39 is 0 Å². The van der Waals surface area contributed by atoms with Crippen molar-refractivity contribution in [1.29, 1.82) is 0 Å². The van der Waals surface area contributed by atoms with Crippen molar-refractivity contribution in [3.05, 3.63) is 22.7 Å². The van der Waals surface area contributed by atoms with Crippen LogP contribution in [0.5, 0.6) is 0 Å². The van der Waals surface area contributed by atoms with Crippen molar-refractivity contribution in [2.45, 2.75) is 0 Å². The molecule has 1 amide bonds. The Balaban J connectivity index is 1.85. The minimum Gasteiger partial charge on any atom is -0.383 e. The average molecular weight is 343 g/mol. The number of fused-ring (bicyclic) bond motifs is 1. The van der Waals surface area contributed by atoms with Crippen molar-refractivity contribution < 1.29 is 9.53 Å². The Morgan fingerprint density at radius 2 is 2.30 bits per heavy atom. The Hall–Kier alpha value is -1.58. The molecule has 8 nitrogen and oxygen atoms in total. The number of hydrogen-bond donors (Lipinski definition) is 2. The van der Waals surface area contributed by atoms with Gasteiger partial charge in [-0.05, 0) is 15.9 Å². The fourth-order valence-electron chi connectivity index (χ4n) is 1.50. The molecular weight excluding hydrogens is 328 g/mol. The normalized spacial score (nSPS) is 10.9. The van der Waals surface area contributed by atoms with Crippen molar-refractivity contribution in [3.63, 3.8) is 0 Å². The highest BCUT2D eigenvalue weighted by atomic mass is 79.9. The maximum atomic E-state index is 11.8. The molecule has 0 saturated carbocycles. The van der Waals surface area contributed by atoms with Crippen LogP contribution in [0.1, 0.15) is 10.6 Å². The van der Waals surface area contributed by atoms with Gasteiger partial charge in [0.25, 0.3) is 11.7 Å².